The molecule has 0 amide bonds. The third kappa shape index (κ3) is 5.30. The van der Waals surface area contributed by atoms with Gasteiger partial charge in [-0.15, -0.1) is 33.2 Å². The van der Waals surface area contributed by atoms with E-state index in [-0.39, 0.29) is 0 Å². The Morgan fingerprint density at radius 3 is 2.31 bits per heavy atom. The fourth-order valence-electron chi connectivity index (χ4n) is 1.19. The smallest absolute Gasteiger partial charge is 0.341 e. The van der Waals surface area contributed by atoms with Gasteiger partial charge in [0.05, 0.1) is 13.7 Å². The summed E-state index contributed by atoms with van der Waals surface area (Å²) in [6.07, 6.45) is 0.737. The van der Waals surface area contributed by atoms with E-state index in [0.29, 0.717) is 18.4 Å². The largest absolute Gasteiger partial charge is 0.493 e. The number of methoxy groups -OCH3 is 1. The highest BCUT2D eigenvalue weighted by molar-refractivity contribution is 7.64. The average Bonchev–Trinajstić information content (AvgIpc) is 2.23. The molecule has 6 heteroatoms. The van der Waals surface area contributed by atoms with Crippen molar-refractivity contribution in [2.45, 2.75) is 12.5 Å². The van der Waals surface area contributed by atoms with Gasteiger partial charge in [0.2, 0.25) is 0 Å². The molecule has 0 aliphatic carbocycles. The van der Waals surface area contributed by atoms with E-state index in [4.69, 9.17) is 42.7 Å². The normalized spacial score (nSPS) is 11.2. The summed E-state index contributed by atoms with van der Waals surface area (Å²) in [5.74, 6) is 1.43. The van der Waals surface area contributed by atoms with Crippen LogP contribution in [-0.2, 0) is 0 Å². The topological polar surface area (TPSA) is 18.5 Å². The summed E-state index contributed by atoms with van der Waals surface area (Å²) in [5, 5.41) is 0. The molecule has 16 heavy (non-hydrogen) atoms. The van der Waals surface area contributed by atoms with Gasteiger partial charge in [-0.2, -0.15) is 0 Å². The van der Waals surface area contributed by atoms with Crippen LogP contribution in [0, 0.1) is 0 Å². The van der Waals surface area contributed by atoms with E-state index in [1.807, 2.05) is 24.3 Å². The minimum Gasteiger partial charge on any atom is -0.493 e. The second kappa shape index (κ2) is 6.60. The predicted molar refractivity (Wildman–Crippen MR) is 71.2 cm³/mol. The van der Waals surface area contributed by atoms with Crippen molar-refractivity contribution in [3.8, 4) is 11.5 Å². The van der Waals surface area contributed by atoms with Gasteiger partial charge in [0.25, 0.3) is 0 Å². The molecule has 1 rings (SSSR count). The first kappa shape index (κ1) is 14.0. The number of halogens is 3. The van der Waals surface area contributed by atoms with Crippen LogP contribution in [0.5, 0.6) is 11.5 Å². The van der Waals surface area contributed by atoms with E-state index in [1.165, 1.54) is 0 Å². The van der Waals surface area contributed by atoms with Crippen molar-refractivity contribution < 1.29 is 9.47 Å². The molecule has 0 atom stereocenters. The Morgan fingerprint density at radius 1 is 1.12 bits per heavy atom. The van der Waals surface area contributed by atoms with Crippen LogP contribution in [-0.4, -0.2) is 19.7 Å². The van der Waals surface area contributed by atoms with Gasteiger partial charge in [0, 0.05) is 0 Å². The van der Waals surface area contributed by atoms with E-state index < -0.39 is 6.00 Å². The third-order valence-corrected chi connectivity index (χ3v) is 4.55. The van der Waals surface area contributed by atoms with E-state index in [2.05, 4.69) is 0 Å². The second-order valence-electron chi connectivity index (χ2n) is 3.22. The molecule has 0 unspecified atom stereocenters. The van der Waals surface area contributed by atoms with Gasteiger partial charge in [0.1, 0.15) is 0 Å². The van der Waals surface area contributed by atoms with Crippen LogP contribution >= 0.6 is 33.2 Å². The molecule has 90 valence electrons. The molecule has 0 bridgehead atoms. The molecule has 0 aromatic heterocycles. The molecule has 0 fully saturated rings. The highest BCUT2D eigenvalue weighted by Gasteiger charge is 2.23. The molecule has 0 saturated carbocycles. The third-order valence-electron chi connectivity index (χ3n) is 1.93. The number of hydrogen-bond acceptors (Lipinski definition) is 2. The van der Waals surface area contributed by atoms with E-state index >= 15 is 0 Å². The number of hydrogen-bond donors (Lipinski definition) is 0. The molecule has 1 aromatic carbocycles. The molecule has 0 N–H and O–H groups in total. The number of para-hydroxylation sites is 2. The molecule has 1 aromatic rings. The van der Waals surface area contributed by atoms with Crippen molar-refractivity contribution in [1.82, 2.24) is 0 Å². The zero-order valence-corrected chi connectivity index (χ0v) is 12.1. The van der Waals surface area contributed by atoms with Gasteiger partial charge in [0.15, 0.2) is 11.5 Å². The van der Waals surface area contributed by atoms with Gasteiger partial charge in [-0.25, -0.2) is 0 Å². The summed E-state index contributed by atoms with van der Waals surface area (Å²) in [4.78, 5) is 0. The van der Waals surface area contributed by atoms with Gasteiger partial charge >= 0.3 is 6.00 Å². The molecule has 0 spiro atoms. The summed E-state index contributed by atoms with van der Waals surface area (Å²) >= 11 is 17.3. The molecule has 0 heterocycles. The molecule has 0 aliphatic heterocycles. The first-order chi connectivity index (χ1) is 7.53. The van der Waals surface area contributed by atoms with E-state index in [1.54, 1.807) is 7.11 Å². The quantitative estimate of drug-likeness (QED) is 0.447. The van der Waals surface area contributed by atoms with Crippen LogP contribution in [0.2, 0.25) is 6.04 Å². The first-order valence-corrected chi connectivity index (χ1v) is 10.1. The fourth-order valence-corrected chi connectivity index (χ4v) is 2.94. The monoisotopic (exact) mass is 298 g/mol. The zero-order valence-electron chi connectivity index (χ0n) is 8.88. The summed E-state index contributed by atoms with van der Waals surface area (Å²) < 4.78 is 10.7. The van der Waals surface area contributed by atoms with Crippen molar-refractivity contribution in [3.63, 3.8) is 0 Å². The predicted octanol–water partition coefficient (Wildman–Crippen LogP) is 4.12. The minimum atomic E-state index is -2.51. The Balaban J connectivity index is 2.37. The highest BCUT2D eigenvalue weighted by Crippen LogP contribution is 2.28. The van der Waals surface area contributed by atoms with Crippen molar-refractivity contribution in [3.05, 3.63) is 24.3 Å². The van der Waals surface area contributed by atoms with E-state index in [9.17, 15) is 0 Å². The van der Waals surface area contributed by atoms with Gasteiger partial charge in [-0.3, -0.25) is 0 Å². The number of ether oxygens (including phenoxy) is 2. The van der Waals surface area contributed by atoms with Gasteiger partial charge < -0.3 is 9.47 Å². The molecular formula is C10H13Cl3O2Si. The molecule has 0 saturated heterocycles. The Kier molecular flexibility index (Phi) is 5.76. The zero-order chi connectivity index (χ0) is 12.0. The van der Waals surface area contributed by atoms with Crippen LogP contribution in [0.1, 0.15) is 6.42 Å². The highest BCUT2D eigenvalue weighted by atomic mass is 35.8. The number of benzene rings is 1. The molecular weight excluding hydrogens is 287 g/mol. The van der Waals surface area contributed by atoms with Crippen molar-refractivity contribution >= 4 is 39.2 Å². The molecule has 2 nitrogen and oxygen atoms in total. The summed E-state index contributed by atoms with van der Waals surface area (Å²) in [5.41, 5.74) is 0. The van der Waals surface area contributed by atoms with Gasteiger partial charge in [-0.05, 0) is 24.6 Å². The van der Waals surface area contributed by atoms with Gasteiger partial charge in [-0.1, -0.05) is 12.1 Å². The lowest BCUT2D eigenvalue weighted by Crippen LogP contribution is -2.10. The minimum absolute atomic E-state index is 0.529. The number of rotatable bonds is 6. The van der Waals surface area contributed by atoms with Crippen molar-refractivity contribution in [2.75, 3.05) is 13.7 Å². The standard InChI is InChI=1S/C10H13Cl3O2Si/c1-14-9-5-2-3-6-10(9)15-7-4-8-16(11,12)13/h2-3,5-6H,4,7-8H2,1H3. The summed E-state index contributed by atoms with van der Waals surface area (Å²) in [6, 6.07) is 5.57. The van der Waals surface area contributed by atoms with Crippen molar-refractivity contribution in [2.24, 2.45) is 0 Å². The Morgan fingerprint density at radius 2 is 1.75 bits per heavy atom. The molecule has 0 aliphatic rings. The van der Waals surface area contributed by atoms with Crippen LogP contribution < -0.4 is 9.47 Å². The molecule has 0 radical (unpaired) electrons. The maximum Gasteiger partial charge on any atom is 0.341 e. The Hall–Kier alpha value is -0.0931. The summed E-state index contributed by atoms with van der Waals surface area (Å²) in [6.45, 7) is 0.529. The van der Waals surface area contributed by atoms with Crippen molar-refractivity contribution in [1.29, 1.82) is 0 Å². The van der Waals surface area contributed by atoms with Crippen LogP contribution in [0.25, 0.3) is 0 Å². The maximum atomic E-state index is 5.76. The Bertz CT molecular complexity index is 328. The first-order valence-electron chi connectivity index (χ1n) is 4.85. The lowest BCUT2D eigenvalue weighted by Gasteiger charge is -2.11. The van der Waals surface area contributed by atoms with Crippen LogP contribution in [0.15, 0.2) is 24.3 Å². The lowest BCUT2D eigenvalue weighted by atomic mass is 10.3. The maximum absolute atomic E-state index is 5.76. The van der Waals surface area contributed by atoms with E-state index in [0.717, 1.165) is 12.2 Å². The fraction of sp³-hybridized carbons (Fsp3) is 0.400. The Labute approximate surface area is 111 Å². The van der Waals surface area contributed by atoms with Crippen LogP contribution in [0.3, 0.4) is 0 Å². The second-order valence-corrected chi connectivity index (χ2v) is 12.5. The lowest BCUT2D eigenvalue weighted by molar-refractivity contribution is 0.294. The average molecular weight is 300 g/mol. The summed E-state index contributed by atoms with van der Waals surface area (Å²) in [7, 11) is 1.61. The van der Waals surface area contributed by atoms with Crippen LogP contribution in [0.4, 0.5) is 0 Å². The SMILES string of the molecule is COc1ccccc1OCCC[Si](Cl)(Cl)Cl.